The highest BCUT2D eigenvalue weighted by atomic mass is 16.5. The number of nitrogens with zero attached hydrogens (tertiary/aromatic N) is 4. The third-order valence-electron chi connectivity index (χ3n) is 4.45. The van der Waals surface area contributed by atoms with Crippen molar-refractivity contribution in [3.8, 4) is 11.6 Å². The molecule has 1 aromatic carbocycles. The molecule has 7 nitrogen and oxygen atoms in total. The first-order valence-corrected chi connectivity index (χ1v) is 8.16. The number of pyridine rings is 1. The maximum atomic E-state index is 12.6. The molecule has 0 unspecified atom stereocenters. The fraction of sp³-hybridized carbons (Fsp3) is 0.278. The molecule has 0 saturated carbocycles. The molecule has 0 aliphatic carbocycles. The van der Waals surface area contributed by atoms with E-state index >= 15 is 0 Å². The van der Waals surface area contributed by atoms with E-state index in [9.17, 15) is 9.59 Å². The van der Waals surface area contributed by atoms with Crippen molar-refractivity contribution in [3.63, 3.8) is 0 Å². The van der Waals surface area contributed by atoms with Gasteiger partial charge in [0.25, 0.3) is 0 Å². The summed E-state index contributed by atoms with van der Waals surface area (Å²) in [4.78, 5) is 31.0. The number of benzene rings is 1. The monoisotopic (exact) mass is 338 g/mol. The number of ether oxygens (including phenoxy) is 1. The highest BCUT2D eigenvalue weighted by Gasteiger charge is 2.26. The van der Waals surface area contributed by atoms with Gasteiger partial charge in [0.05, 0.1) is 17.2 Å². The number of amides is 1. The molecule has 0 bridgehead atoms. The van der Waals surface area contributed by atoms with Gasteiger partial charge in [0.15, 0.2) is 0 Å². The van der Waals surface area contributed by atoms with Gasteiger partial charge in [0.1, 0.15) is 5.75 Å². The standard InChI is InChI=1S/C18H18N4O3/c1-12-5-3-6-13(9-12)25-16-10-14-15(11-19-16)20(2)17(23)22(14)18(24)21-7-4-8-21/h3,5-6,9-11H,4,7-8H2,1-2H3. The van der Waals surface area contributed by atoms with E-state index < -0.39 is 0 Å². The molecule has 0 atom stereocenters. The summed E-state index contributed by atoms with van der Waals surface area (Å²) >= 11 is 0. The quantitative estimate of drug-likeness (QED) is 0.720. The lowest BCUT2D eigenvalue weighted by Gasteiger charge is -2.30. The van der Waals surface area contributed by atoms with Crippen LogP contribution in [-0.4, -0.2) is 38.1 Å². The first-order chi connectivity index (χ1) is 12.0. The number of imidazole rings is 1. The molecule has 25 heavy (non-hydrogen) atoms. The molecule has 7 heteroatoms. The number of likely N-dealkylation sites (tertiary alicyclic amines) is 1. The molecule has 0 N–H and O–H groups in total. The van der Waals surface area contributed by atoms with Gasteiger partial charge in [-0.2, -0.15) is 0 Å². The summed E-state index contributed by atoms with van der Waals surface area (Å²) in [7, 11) is 1.63. The van der Waals surface area contributed by atoms with E-state index in [-0.39, 0.29) is 11.7 Å². The number of fused-ring (bicyclic) bond motifs is 1. The van der Waals surface area contributed by atoms with Gasteiger partial charge in [0.2, 0.25) is 5.88 Å². The summed E-state index contributed by atoms with van der Waals surface area (Å²) in [6, 6.07) is 8.95. The molecular weight excluding hydrogens is 320 g/mol. The van der Waals surface area contributed by atoms with Crippen molar-refractivity contribution in [2.75, 3.05) is 13.1 Å². The molecule has 4 rings (SSSR count). The smallest absolute Gasteiger partial charge is 0.337 e. The Bertz CT molecular complexity index is 1030. The second kappa shape index (κ2) is 5.77. The van der Waals surface area contributed by atoms with Crippen molar-refractivity contribution in [3.05, 3.63) is 52.6 Å². The van der Waals surface area contributed by atoms with Crippen molar-refractivity contribution in [1.29, 1.82) is 0 Å². The molecule has 1 aliphatic rings. The van der Waals surface area contributed by atoms with E-state index in [1.165, 1.54) is 9.13 Å². The first-order valence-electron chi connectivity index (χ1n) is 8.16. The van der Waals surface area contributed by atoms with Crippen molar-refractivity contribution in [2.45, 2.75) is 13.3 Å². The number of carbonyl (C=O) groups excluding carboxylic acids is 1. The van der Waals surface area contributed by atoms with Gasteiger partial charge in [-0.25, -0.2) is 19.1 Å². The van der Waals surface area contributed by atoms with Crippen LogP contribution in [0.1, 0.15) is 12.0 Å². The van der Waals surface area contributed by atoms with E-state index in [0.717, 1.165) is 12.0 Å². The lowest BCUT2D eigenvalue weighted by molar-refractivity contribution is 0.169. The molecule has 3 aromatic rings. The lowest BCUT2D eigenvalue weighted by Crippen LogP contribution is -2.47. The number of hydrogen-bond donors (Lipinski definition) is 0. The minimum absolute atomic E-state index is 0.297. The second-order valence-electron chi connectivity index (χ2n) is 6.23. The summed E-state index contributed by atoms with van der Waals surface area (Å²) < 4.78 is 8.41. The molecule has 128 valence electrons. The number of aryl methyl sites for hydroxylation is 2. The Morgan fingerprint density at radius 1 is 1.20 bits per heavy atom. The molecular formula is C18H18N4O3. The Morgan fingerprint density at radius 3 is 2.68 bits per heavy atom. The van der Waals surface area contributed by atoms with Gasteiger partial charge < -0.3 is 9.64 Å². The van der Waals surface area contributed by atoms with Gasteiger partial charge in [0, 0.05) is 26.2 Å². The van der Waals surface area contributed by atoms with Crippen LogP contribution < -0.4 is 10.4 Å². The van der Waals surface area contributed by atoms with Crippen LogP contribution in [0.2, 0.25) is 0 Å². The van der Waals surface area contributed by atoms with Crippen LogP contribution >= 0.6 is 0 Å². The Balaban J connectivity index is 1.78. The predicted octanol–water partition coefficient (Wildman–Crippen LogP) is 2.51. The first kappa shape index (κ1) is 15.4. The van der Waals surface area contributed by atoms with Crippen molar-refractivity contribution >= 4 is 17.1 Å². The third-order valence-corrected chi connectivity index (χ3v) is 4.45. The number of aromatic nitrogens is 3. The van der Waals surface area contributed by atoms with E-state index in [2.05, 4.69) is 4.98 Å². The number of carbonyl (C=O) groups is 1. The van der Waals surface area contributed by atoms with Crippen LogP contribution in [0.3, 0.4) is 0 Å². The largest absolute Gasteiger partial charge is 0.439 e. The lowest BCUT2D eigenvalue weighted by atomic mass is 10.2. The van der Waals surface area contributed by atoms with Crippen molar-refractivity contribution in [1.82, 2.24) is 19.0 Å². The van der Waals surface area contributed by atoms with E-state index in [0.29, 0.717) is 35.8 Å². The topological polar surface area (TPSA) is 69.4 Å². The van der Waals surface area contributed by atoms with Crippen LogP contribution in [0.25, 0.3) is 11.0 Å². The van der Waals surface area contributed by atoms with Crippen LogP contribution in [0.5, 0.6) is 11.6 Å². The summed E-state index contributed by atoms with van der Waals surface area (Å²) in [5, 5.41) is 0. The van der Waals surface area contributed by atoms with Crippen LogP contribution in [-0.2, 0) is 7.05 Å². The van der Waals surface area contributed by atoms with Crippen LogP contribution in [0.4, 0.5) is 4.79 Å². The third kappa shape index (κ3) is 2.57. The van der Waals surface area contributed by atoms with E-state index in [1.807, 2.05) is 31.2 Å². The predicted molar refractivity (Wildman–Crippen MR) is 93.2 cm³/mol. The maximum absolute atomic E-state index is 12.6. The fourth-order valence-corrected chi connectivity index (χ4v) is 2.90. The zero-order valence-electron chi connectivity index (χ0n) is 14.1. The molecule has 0 radical (unpaired) electrons. The van der Waals surface area contributed by atoms with Gasteiger partial charge >= 0.3 is 11.7 Å². The summed E-state index contributed by atoms with van der Waals surface area (Å²) in [5.74, 6) is 1.000. The van der Waals surface area contributed by atoms with Crippen molar-refractivity contribution in [2.24, 2.45) is 7.05 Å². The molecule has 0 spiro atoms. The normalized spacial score (nSPS) is 13.8. The van der Waals surface area contributed by atoms with E-state index in [4.69, 9.17) is 4.74 Å². The number of rotatable bonds is 2. The molecule has 1 fully saturated rings. The highest BCUT2D eigenvalue weighted by Crippen LogP contribution is 2.24. The minimum Gasteiger partial charge on any atom is -0.439 e. The highest BCUT2D eigenvalue weighted by molar-refractivity contribution is 5.89. The molecule has 2 aromatic heterocycles. The van der Waals surface area contributed by atoms with Crippen molar-refractivity contribution < 1.29 is 9.53 Å². The summed E-state index contributed by atoms with van der Waals surface area (Å²) in [6.07, 6.45) is 2.52. The molecule has 1 aliphatic heterocycles. The zero-order valence-corrected chi connectivity index (χ0v) is 14.1. The Kier molecular flexibility index (Phi) is 3.56. The number of hydrogen-bond acceptors (Lipinski definition) is 4. The maximum Gasteiger partial charge on any atom is 0.337 e. The average molecular weight is 338 g/mol. The van der Waals surface area contributed by atoms with E-state index in [1.54, 1.807) is 24.2 Å². The molecule has 3 heterocycles. The fourth-order valence-electron chi connectivity index (χ4n) is 2.90. The second-order valence-corrected chi connectivity index (χ2v) is 6.23. The minimum atomic E-state index is -0.374. The Morgan fingerprint density at radius 2 is 2.00 bits per heavy atom. The zero-order chi connectivity index (χ0) is 17.6. The average Bonchev–Trinajstić information content (AvgIpc) is 2.77. The SMILES string of the molecule is Cc1cccc(Oc2cc3c(cn2)n(C)c(=O)n3C(=O)N2CCC2)c1. The van der Waals surface area contributed by atoms with Gasteiger partial charge in [-0.05, 0) is 31.0 Å². The van der Waals surface area contributed by atoms with Crippen LogP contribution in [0, 0.1) is 6.92 Å². The van der Waals surface area contributed by atoms with Gasteiger partial charge in [-0.3, -0.25) is 4.57 Å². The molecule has 1 saturated heterocycles. The summed E-state index contributed by atoms with van der Waals surface area (Å²) in [6.45, 7) is 3.34. The Labute approximate surface area is 144 Å². The van der Waals surface area contributed by atoms with Crippen LogP contribution in [0.15, 0.2) is 41.3 Å². The van der Waals surface area contributed by atoms with Gasteiger partial charge in [-0.1, -0.05) is 12.1 Å². The van der Waals surface area contributed by atoms with Gasteiger partial charge in [-0.15, -0.1) is 0 Å². The summed E-state index contributed by atoms with van der Waals surface area (Å²) in [5.41, 5.74) is 1.79. The Hall–Kier alpha value is -3.09. The molecule has 1 amide bonds.